The van der Waals surface area contributed by atoms with Crippen LogP contribution in [0.2, 0.25) is 0 Å². The van der Waals surface area contributed by atoms with Crippen LogP contribution in [0, 0.1) is 4.91 Å². The van der Waals surface area contributed by atoms with Gasteiger partial charge in [0.2, 0.25) is 0 Å². The maximum atomic E-state index is 11.2. The Labute approximate surface area is 88.5 Å². The van der Waals surface area contributed by atoms with Crippen LogP contribution in [-0.4, -0.2) is 0 Å². The fourth-order valence-corrected chi connectivity index (χ4v) is 1.74. The van der Waals surface area contributed by atoms with Crippen molar-refractivity contribution in [3.8, 4) is 5.75 Å². The van der Waals surface area contributed by atoms with Gasteiger partial charge in [-0.05, 0) is 22.7 Å². The van der Waals surface area contributed by atoms with Crippen molar-refractivity contribution in [2.75, 3.05) is 0 Å². The van der Waals surface area contributed by atoms with Gasteiger partial charge in [0.25, 0.3) is 0 Å². The summed E-state index contributed by atoms with van der Waals surface area (Å²) >= 11 is 3.31. The summed E-state index contributed by atoms with van der Waals surface area (Å²) in [4.78, 5) is 10.5. The third kappa shape index (κ3) is 1.37. The summed E-state index contributed by atoms with van der Waals surface area (Å²) in [6.07, 6.45) is 0. The van der Waals surface area contributed by atoms with E-state index in [1.54, 1.807) is 18.2 Å². The highest BCUT2D eigenvalue weighted by atomic mass is 79.9. The molecule has 3 nitrogen and oxygen atoms in total. The van der Waals surface area contributed by atoms with Crippen LogP contribution in [0.15, 0.2) is 40.0 Å². The number of fused-ring (bicyclic) bond motifs is 1. The Bertz CT molecular complexity index is 511. The van der Waals surface area contributed by atoms with Crippen molar-refractivity contribution in [1.82, 2.24) is 0 Å². The molecule has 0 aliphatic rings. The molecule has 0 saturated heterocycles. The van der Waals surface area contributed by atoms with Crippen molar-refractivity contribution in [2.24, 2.45) is 5.18 Å². The molecule has 0 radical (unpaired) electrons. The molecule has 0 heterocycles. The molecule has 0 atom stereocenters. The van der Waals surface area contributed by atoms with E-state index in [1.165, 1.54) is 6.07 Å². The van der Waals surface area contributed by atoms with Gasteiger partial charge in [-0.25, -0.2) is 0 Å². The van der Waals surface area contributed by atoms with Gasteiger partial charge in [-0.15, -0.1) is 4.91 Å². The van der Waals surface area contributed by atoms with E-state index in [1.807, 2.05) is 6.07 Å². The molecule has 0 aliphatic carbocycles. The minimum absolute atomic E-state index is 0.0185. The van der Waals surface area contributed by atoms with Crippen LogP contribution in [-0.2, 0) is 0 Å². The second-order valence-corrected chi connectivity index (χ2v) is 3.78. The van der Waals surface area contributed by atoms with Crippen LogP contribution in [0.25, 0.3) is 10.8 Å². The maximum Gasteiger partial charge on any atom is 0.108 e. The first-order valence-corrected chi connectivity index (χ1v) is 4.74. The molecule has 0 amide bonds. The molecule has 0 unspecified atom stereocenters. The zero-order valence-electron chi connectivity index (χ0n) is 7.03. The molecule has 0 aromatic heterocycles. The van der Waals surface area contributed by atoms with Gasteiger partial charge >= 0.3 is 0 Å². The number of nitroso groups, excluding NO2 is 1. The van der Waals surface area contributed by atoms with Gasteiger partial charge in [-0.3, -0.25) is 0 Å². The molecular formula is C10H5BrNO2-. The van der Waals surface area contributed by atoms with Crippen molar-refractivity contribution in [3.63, 3.8) is 0 Å². The van der Waals surface area contributed by atoms with E-state index in [2.05, 4.69) is 21.1 Å². The Kier molecular flexibility index (Phi) is 2.21. The lowest BCUT2D eigenvalue weighted by Crippen LogP contribution is -1.89. The second-order valence-electron chi connectivity index (χ2n) is 2.87. The Balaban J connectivity index is 2.88. The van der Waals surface area contributed by atoms with E-state index in [-0.39, 0.29) is 11.4 Å². The van der Waals surface area contributed by atoms with Crippen LogP contribution < -0.4 is 5.11 Å². The van der Waals surface area contributed by atoms with Gasteiger partial charge in [0.05, 0.1) is 0 Å². The van der Waals surface area contributed by atoms with E-state index in [0.29, 0.717) is 5.39 Å². The van der Waals surface area contributed by atoms with Gasteiger partial charge in [0.15, 0.2) is 0 Å². The number of nitrogens with zero attached hydrogens (tertiary/aromatic N) is 1. The summed E-state index contributed by atoms with van der Waals surface area (Å²) in [5.41, 5.74) is -0.0185. The SMILES string of the molecule is O=Nc1c([O-])ccc2cc(Br)ccc12. The fourth-order valence-electron chi connectivity index (χ4n) is 1.36. The second kappa shape index (κ2) is 3.38. The summed E-state index contributed by atoms with van der Waals surface area (Å²) < 4.78 is 0.903. The highest BCUT2D eigenvalue weighted by molar-refractivity contribution is 9.10. The quantitative estimate of drug-likeness (QED) is 0.731. The number of benzene rings is 2. The monoisotopic (exact) mass is 250 g/mol. The van der Waals surface area contributed by atoms with Gasteiger partial charge in [-0.1, -0.05) is 39.9 Å². The smallest absolute Gasteiger partial charge is 0.108 e. The van der Waals surface area contributed by atoms with Crippen molar-refractivity contribution in [3.05, 3.63) is 39.7 Å². The van der Waals surface area contributed by atoms with E-state index in [4.69, 9.17) is 0 Å². The Morgan fingerprint density at radius 2 is 2.00 bits per heavy atom. The van der Waals surface area contributed by atoms with Crippen LogP contribution in [0.5, 0.6) is 5.75 Å². The first-order chi connectivity index (χ1) is 6.72. The van der Waals surface area contributed by atoms with Crippen LogP contribution in [0.4, 0.5) is 5.69 Å². The molecule has 2 aromatic rings. The number of halogens is 1. The molecule has 2 aromatic carbocycles. The Morgan fingerprint density at radius 1 is 1.21 bits per heavy atom. The lowest BCUT2D eigenvalue weighted by molar-refractivity contribution is -0.267. The topological polar surface area (TPSA) is 52.5 Å². The standard InChI is InChI=1S/C10H6BrNO2/c11-7-2-3-8-6(5-7)1-4-9(13)10(8)12-14/h1-5,13H/p-1. The molecule has 14 heavy (non-hydrogen) atoms. The van der Waals surface area contributed by atoms with Crippen molar-refractivity contribution in [2.45, 2.75) is 0 Å². The van der Waals surface area contributed by atoms with E-state index in [9.17, 15) is 10.0 Å². The summed E-state index contributed by atoms with van der Waals surface area (Å²) in [7, 11) is 0. The number of rotatable bonds is 1. The van der Waals surface area contributed by atoms with Crippen LogP contribution in [0.1, 0.15) is 0 Å². The first kappa shape index (κ1) is 9.15. The molecule has 0 aliphatic heterocycles. The summed E-state index contributed by atoms with van der Waals surface area (Å²) in [5, 5.41) is 15.4. The minimum Gasteiger partial charge on any atom is -0.871 e. The normalized spacial score (nSPS) is 10.4. The van der Waals surface area contributed by atoms with Crippen molar-refractivity contribution in [1.29, 1.82) is 0 Å². The maximum absolute atomic E-state index is 11.2. The number of hydrogen-bond donors (Lipinski definition) is 0. The average Bonchev–Trinajstić information content (AvgIpc) is 2.18. The first-order valence-electron chi connectivity index (χ1n) is 3.95. The van der Waals surface area contributed by atoms with Crippen LogP contribution in [0.3, 0.4) is 0 Å². The number of hydrogen-bond acceptors (Lipinski definition) is 3. The lowest BCUT2D eigenvalue weighted by Gasteiger charge is -2.09. The van der Waals surface area contributed by atoms with Gasteiger partial charge in [0, 0.05) is 9.86 Å². The van der Waals surface area contributed by atoms with E-state index in [0.717, 1.165) is 9.86 Å². The zero-order chi connectivity index (χ0) is 10.1. The predicted octanol–water partition coefficient (Wildman–Crippen LogP) is 3.07. The molecule has 0 saturated carbocycles. The third-order valence-corrected chi connectivity index (χ3v) is 2.50. The Morgan fingerprint density at radius 3 is 2.71 bits per heavy atom. The van der Waals surface area contributed by atoms with E-state index < -0.39 is 0 Å². The lowest BCUT2D eigenvalue weighted by atomic mass is 10.1. The molecular weight excluding hydrogens is 246 g/mol. The molecule has 70 valence electrons. The zero-order valence-corrected chi connectivity index (χ0v) is 8.61. The highest BCUT2D eigenvalue weighted by Crippen LogP contribution is 2.34. The predicted molar refractivity (Wildman–Crippen MR) is 56.5 cm³/mol. The van der Waals surface area contributed by atoms with Crippen molar-refractivity contribution < 1.29 is 5.11 Å². The van der Waals surface area contributed by atoms with Gasteiger partial charge < -0.3 is 5.11 Å². The third-order valence-electron chi connectivity index (χ3n) is 2.01. The summed E-state index contributed by atoms with van der Waals surface area (Å²) in [5.74, 6) is -0.338. The van der Waals surface area contributed by atoms with Crippen molar-refractivity contribution >= 4 is 32.4 Å². The molecule has 0 N–H and O–H groups in total. The van der Waals surface area contributed by atoms with Crippen LogP contribution >= 0.6 is 15.9 Å². The average molecular weight is 251 g/mol. The molecule has 0 spiro atoms. The summed E-state index contributed by atoms with van der Waals surface area (Å²) in [6.45, 7) is 0. The largest absolute Gasteiger partial charge is 0.871 e. The fraction of sp³-hybridized carbons (Fsp3) is 0. The molecule has 0 bridgehead atoms. The molecule has 4 heteroatoms. The minimum atomic E-state index is -0.338. The molecule has 0 fully saturated rings. The highest BCUT2D eigenvalue weighted by Gasteiger charge is 2.02. The summed E-state index contributed by atoms with van der Waals surface area (Å²) in [6, 6.07) is 8.35. The van der Waals surface area contributed by atoms with Gasteiger partial charge in [0.1, 0.15) is 5.69 Å². The van der Waals surface area contributed by atoms with Gasteiger partial charge in [-0.2, -0.15) is 0 Å². The molecule has 2 rings (SSSR count). The van der Waals surface area contributed by atoms with E-state index >= 15 is 0 Å². The Hall–Kier alpha value is -1.42.